The van der Waals surface area contributed by atoms with Gasteiger partial charge in [-0.2, -0.15) is 0 Å². The zero-order chi connectivity index (χ0) is 16.4. The van der Waals surface area contributed by atoms with Gasteiger partial charge in [-0.25, -0.2) is 8.42 Å². The first-order valence-corrected chi connectivity index (χ1v) is 9.23. The van der Waals surface area contributed by atoms with Crippen LogP contribution in [0.2, 0.25) is 0 Å². The maximum Gasteiger partial charge on any atom is 0.264 e. The van der Waals surface area contributed by atoms with E-state index < -0.39 is 10.0 Å². The molecule has 2 aromatic rings. The molecule has 0 amide bonds. The molecule has 3 rings (SSSR count). The van der Waals surface area contributed by atoms with Crippen LogP contribution in [0.25, 0.3) is 0 Å². The number of hydrogen-bond acceptors (Lipinski definition) is 3. The first-order chi connectivity index (χ1) is 11.0. The molecule has 0 atom stereocenters. The van der Waals surface area contributed by atoms with Gasteiger partial charge in [0.05, 0.1) is 17.7 Å². The van der Waals surface area contributed by atoms with Gasteiger partial charge in [-0.15, -0.1) is 0 Å². The van der Waals surface area contributed by atoms with Gasteiger partial charge in [-0.3, -0.25) is 4.31 Å². The molecule has 0 aliphatic carbocycles. The van der Waals surface area contributed by atoms with Crippen LogP contribution in [0.15, 0.2) is 47.4 Å². The Morgan fingerprint density at radius 1 is 1.04 bits per heavy atom. The summed E-state index contributed by atoms with van der Waals surface area (Å²) in [6.07, 6.45) is 2.72. The zero-order valence-electron chi connectivity index (χ0n) is 13.5. The van der Waals surface area contributed by atoms with Crippen LogP contribution in [-0.2, 0) is 16.4 Å². The summed E-state index contributed by atoms with van der Waals surface area (Å²) in [6, 6.07) is 12.7. The number of nitrogens with zero attached hydrogens (tertiary/aromatic N) is 1. The molecule has 1 aliphatic rings. The van der Waals surface area contributed by atoms with Crippen molar-refractivity contribution in [2.75, 3.05) is 18.0 Å². The number of rotatable bonds is 3. The highest BCUT2D eigenvalue weighted by Gasteiger charge is 2.28. The van der Waals surface area contributed by atoms with Gasteiger partial charge in [-0.1, -0.05) is 23.8 Å². The Balaban J connectivity index is 2.10. The molecule has 1 aliphatic heterocycles. The van der Waals surface area contributed by atoms with Crippen LogP contribution in [0.4, 0.5) is 5.69 Å². The Hall–Kier alpha value is -2.01. The molecule has 0 radical (unpaired) electrons. The van der Waals surface area contributed by atoms with Crippen molar-refractivity contribution in [3.8, 4) is 5.75 Å². The largest absolute Gasteiger partial charge is 0.497 e. The molecule has 0 saturated heterocycles. The van der Waals surface area contributed by atoms with Crippen LogP contribution in [0.5, 0.6) is 5.75 Å². The first kappa shape index (κ1) is 15.9. The van der Waals surface area contributed by atoms with E-state index in [1.807, 2.05) is 37.3 Å². The summed E-state index contributed by atoms with van der Waals surface area (Å²) in [5.74, 6) is 0.676. The summed E-state index contributed by atoms with van der Waals surface area (Å²) in [6.45, 7) is 2.44. The maximum absolute atomic E-state index is 13.1. The minimum absolute atomic E-state index is 0.332. The third-order valence-corrected chi connectivity index (χ3v) is 6.05. The van der Waals surface area contributed by atoms with E-state index in [4.69, 9.17) is 4.74 Å². The van der Waals surface area contributed by atoms with Gasteiger partial charge in [0.25, 0.3) is 10.0 Å². The van der Waals surface area contributed by atoms with Crippen molar-refractivity contribution >= 4 is 15.7 Å². The second-order valence-electron chi connectivity index (χ2n) is 5.84. The van der Waals surface area contributed by atoms with Gasteiger partial charge in [0.15, 0.2) is 0 Å². The number of hydrogen-bond donors (Lipinski definition) is 0. The minimum Gasteiger partial charge on any atom is -0.497 e. The molecule has 4 nitrogen and oxygen atoms in total. The first-order valence-electron chi connectivity index (χ1n) is 7.79. The SMILES string of the molecule is COc1ccc2c(c1)N(S(=O)(=O)c1ccc(C)cc1)CCCC2. The molecular weight excluding hydrogens is 310 g/mol. The molecule has 0 aromatic heterocycles. The van der Waals surface area contributed by atoms with Crippen LogP contribution in [0.3, 0.4) is 0 Å². The monoisotopic (exact) mass is 331 g/mol. The van der Waals surface area contributed by atoms with Crippen LogP contribution >= 0.6 is 0 Å². The van der Waals surface area contributed by atoms with Crippen LogP contribution in [0.1, 0.15) is 24.0 Å². The summed E-state index contributed by atoms with van der Waals surface area (Å²) < 4.78 is 33.0. The maximum atomic E-state index is 13.1. The van der Waals surface area contributed by atoms with Gasteiger partial charge in [-0.05, 0) is 49.9 Å². The van der Waals surface area contributed by atoms with Gasteiger partial charge in [0.2, 0.25) is 0 Å². The Morgan fingerprint density at radius 2 is 1.78 bits per heavy atom. The number of benzene rings is 2. The van der Waals surface area contributed by atoms with Gasteiger partial charge < -0.3 is 4.74 Å². The van der Waals surface area contributed by atoms with Crippen molar-refractivity contribution in [2.45, 2.75) is 31.1 Å². The lowest BCUT2D eigenvalue weighted by Gasteiger charge is -2.25. The zero-order valence-corrected chi connectivity index (χ0v) is 14.3. The van der Waals surface area contributed by atoms with Gasteiger partial charge in [0.1, 0.15) is 5.75 Å². The summed E-state index contributed by atoms with van der Waals surface area (Å²) >= 11 is 0. The topological polar surface area (TPSA) is 46.6 Å². The molecule has 0 saturated carbocycles. The van der Waals surface area contributed by atoms with Crippen molar-refractivity contribution in [3.05, 3.63) is 53.6 Å². The molecule has 2 aromatic carbocycles. The highest BCUT2D eigenvalue weighted by molar-refractivity contribution is 7.92. The number of fused-ring (bicyclic) bond motifs is 1. The van der Waals surface area contributed by atoms with E-state index in [1.54, 1.807) is 19.2 Å². The number of aryl methyl sites for hydroxylation is 2. The number of ether oxygens (including phenoxy) is 1. The average Bonchev–Trinajstić information content (AvgIpc) is 2.77. The average molecular weight is 331 g/mol. The summed E-state index contributed by atoms with van der Waals surface area (Å²) in [5, 5.41) is 0. The molecular formula is C18H21NO3S. The minimum atomic E-state index is -3.56. The Morgan fingerprint density at radius 3 is 2.48 bits per heavy atom. The molecule has 5 heteroatoms. The van der Waals surface area contributed by atoms with Gasteiger partial charge in [0, 0.05) is 12.6 Å². The van der Waals surface area contributed by atoms with Crippen molar-refractivity contribution in [3.63, 3.8) is 0 Å². The Labute approximate surface area is 137 Å². The van der Waals surface area contributed by atoms with Crippen LogP contribution < -0.4 is 9.04 Å². The van der Waals surface area contributed by atoms with Crippen molar-refractivity contribution in [2.24, 2.45) is 0 Å². The summed E-state index contributed by atoms with van der Waals surface area (Å²) in [4.78, 5) is 0.332. The molecule has 122 valence electrons. The summed E-state index contributed by atoms with van der Waals surface area (Å²) in [5.41, 5.74) is 2.84. The fourth-order valence-electron chi connectivity index (χ4n) is 2.89. The third-order valence-electron chi connectivity index (χ3n) is 4.23. The predicted molar refractivity (Wildman–Crippen MR) is 91.6 cm³/mol. The van der Waals surface area contributed by atoms with E-state index in [2.05, 4.69) is 0 Å². The van der Waals surface area contributed by atoms with E-state index in [1.165, 1.54) is 4.31 Å². The lowest BCUT2D eigenvalue weighted by molar-refractivity contribution is 0.415. The van der Waals surface area contributed by atoms with Gasteiger partial charge >= 0.3 is 0 Å². The number of sulfonamides is 1. The number of methoxy groups -OCH3 is 1. The lowest BCUT2D eigenvalue weighted by atomic mass is 10.1. The normalized spacial score (nSPS) is 15.0. The molecule has 0 unspecified atom stereocenters. The van der Waals surface area contributed by atoms with Crippen molar-refractivity contribution in [1.82, 2.24) is 0 Å². The lowest BCUT2D eigenvalue weighted by Crippen LogP contribution is -2.31. The quantitative estimate of drug-likeness (QED) is 0.864. The third kappa shape index (κ3) is 3.06. The highest BCUT2D eigenvalue weighted by Crippen LogP contribution is 2.34. The van der Waals surface area contributed by atoms with Crippen molar-refractivity contribution < 1.29 is 13.2 Å². The van der Waals surface area contributed by atoms with Crippen LogP contribution in [-0.4, -0.2) is 22.1 Å². The molecule has 1 heterocycles. The smallest absolute Gasteiger partial charge is 0.264 e. The predicted octanol–water partition coefficient (Wildman–Crippen LogP) is 3.54. The fraction of sp³-hybridized carbons (Fsp3) is 0.333. The molecule has 0 spiro atoms. The number of anilines is 1. The highest BCUT2D eigenvalue weighted by atomic mass is 32.2. The molecule has 0 N–H and O–H groups in total. The van der Waals surface area contributed by atoms with E-state index in [0.29, 0.717) is 17.2 Å². The summed E-state index contributed by atoms with van der Waals surface area (Å²) in [7, 11) is -1.97. The van der Waals surface area contributed by atoms with E-state index in [0.717, 1.165) is 36.1 Å². The van der Waals surface area contributed by atoms with E-state index >= 15 is 0 Å². The molecule has 0 bridgehead atoms. The van der Waals surface area contributed by atoms with Crippen LogP contribution in [0, 0.1) is 6.92 Å². The molecule has 23 heavy (non-hydrogen) atoms. The standard InChI is InChI=1S/C18H21NO3S/c1-14-6-10-17(11-7-14)23(20,21)19-12-4-3-5-15-8-9-16(22-2)13-18(15)19/h6-11,13H,3-5,12H2,1-2H3. The van der Waals surface area contributed by atoms with E-state index in [9.17, 15) is 8.42 Å². The van der Waals surface area contributed by atoms with E-state index in [-0.39, 0.29) is 0 Å². The second kappa shape index (κ2) is 6.24. The van der Waals surface area contributed by atoms with Crippen molar-refractivity contribution in [1.29, 1.82) is 0 Å². The Bertz CT molecular complexity index is 798. The Kier molecular flexibility index (Phi) is 4.31. The molecule has 0 fully saturated rings. The second-order valence-corrected chi connectivity index (χ2v) is 7.70. The fourth-order valence-corrected chi connectivity index (χ4v) is 4.43.